The van der Waals surface area contributed by atoms with Crippen LogP contribution in [-0.4, -0.2) is 73.9 Å². The van der Waals surface area contributed by atoms with E-state index < -0.39 is 70.7 Å². The zero-order valence-electron chi connectivity index (χ0n) is 17.4. The lowest BCUT2D eigenvalue weighted by Gasteiger charge is -2.43. The van der Waals surface area contributed by atoms with Gasteiger partial charge in [0.1, 0.15) is 24.7 Å². The number of hydrogen-bond acceptors (Lipinski definition) is 13. The molecule has 2 aromatic rings. The summed E-state index contributed by atoms with van der Waals surface area (Å²) in [5.74, 6) is -2.81. The number of hydrogen-bond donors (Lipinski definition) is 7. The molecule has 0 radical (unpaired) electrons. The van der Waals surface area contributed by atoms with Crippen molar-refractivity contribution in [3.8, 4) is 5.75 Å². The Morgan fingerprint density at radius 3 is 2.63 bits per heavy atom. The highest BCUT2D eigenvalue weighted by molar-refractivity contribution is 7.84. The molecule has 0 spiro atoms. The SMILES string of the molecule is Nc1ncc(C(N)C(=O)N[C@@H]2C(=O)N(S(=O)(=O)O)[C@@H]2COC(=O)NCc2cc(=O)c(O)cn2O)s1. The first-order valence-electron chi connectivity index (χ1n) is 9.42. The first kappa shape index (κ1) is 25.7. The highest BCUT2D eigenvalue weighted by Crippen LogP contribution is 2.26. The third-order valence-electron chi connectivity index (χ3n) is 4.73. The van der Waals surface area contributed by atoms with Gasteiger partial charge in [-0.05, 0) is 0 Å². The number of nitrogens with one attached hydrogen (secondary N) is 2. The standard InChI is InChI=1S/C16H19N7O10S2/c17-11(10-3-19-15(18)34-10)13(26)21-12-7(23(14(12)27)35(30,31)32)5-33-16(28)20-2-6-1-8(24)9(25)4-22(6)29/h1,3-4,7,11-12,25,29H,2,5,17H2,(H2,18,19)(H,20,28)(H,21,26)(H,30,31,32)/t7-,11?,12+/m1/s1. The van der Waals surface area contributed by atoms with Gasteiger partial charge in [-0.15, -0.1) is 11.3 Å². The van der Waals surface area contributed by atoms with Gasteiger partial charge in [-0.25, -0.2) is 14.1 Å². The molecular weight excluding hydrogens is 514 g/mol. The van der Waals surface area contributed by atoms with Crippen LogP contribution in [0, 0.1) is 0 Å². The summed E-state index contributed by atoms with van der Waals surface area (Å²) < 4.78 is 37.6. The fraction of sp³-hybridized carbons (Fsp3) is 0.312. The van der Waals surface area contributed by atoms with Gasteiger partial charge in [0.2, 0.25) is 11.3 Å². The Morgan fingerprint density at radius 2 is 2.03 bits per heavy atom. The molecule has 1 aliphatic rings. The van der Waals surface area contributed by atoms with Crippen molar-refractivity contribution in [1.82, 2.24) is 24.7 Å². The summed E-state index contributed by atoms with van der Waals surface area (Å²) in [7, 11) is -5.05. The second-order valence-electron chi connectivity index (χ2n) is 7.05. The average Bonchev–Trinajstić information content (AvgIpc) is 3.20. The smallest absolute Gasteiger partial charge is 0.407 e. The number of nitrogens with zero attached hydrogens (tertiary/aromatic N) is 3. The number of rotatable bonds is 8. The summed E-state index contributed by atoms with van der Waals surface area (Å²) in [5, 5.41) is 23.4. The summed E-state index contributed by atoms with van der Waals surface area (Å²) in [5.41, 5.74) is 10.3. The minimum absolute atomic E-state index is 0.0206. The van der Waals surface area contributed by atoms with Crippen LogP contribution in [0.3, 0.4) is 0 Å². The van der Waals surface area contributed by atoms with Crippen molar-refractivity contribution in [2.75, 3.05) is 12.3 Å². The largest absolute Gasteiger partial charge is 0.503 e. The summed E-state index contributed by atoms with van der Waals surface area (Å²) in [6, 6.07) is -3.46. The van der Waals surface area contributed by atoms with Crippen LogP contribution < -0.4 is 27.5 Å². The van der Waals surface area contributed by atoms with E-state index in [2.05, 4.69) is 15.6 Å². The Kier molecular flexibility index (Phi) is 7.14. The Labute approximate surface area is 199 Å². The van der Waals surface area contributed by atoms with Gasteiger partial charge in [-0.3, -0.25) is 18.9 Å². The van der Waals surface area contributed by atoms with E-state index in [1.807, 2.05) is 0 Å². The van der Waals surface area contributed by atoms with Gasteiger partial charge in [-0.1, -0.05) is 0 Å². The van der Waals surface area contributed by atoms with Crippen LogP contribution in [0.15, 0.2) is 23.3 Å². The fourth-order valence-electron chi connectivity index (χ4n) is 3.00. The van der Waals surface area contributed by atoms with Crippen LogP contribution in [0.1, 0.15) is 16.6 Å². The second-order valence-corrected chi connectivity index (χ2v) is 9.44. The molecule has 0 aliphatic carbocycles. The number of nitrogens with two attached hydrogens (primary N) is 2. The van der Waals surface area contributed by atoms with Crippen LogP contribution in [0.25, 0.3) is 0 Å². The predicted octanol–water partition coefficient (Wildman–Crippen LogP) is -2.75. The number of thiazole rings is 1. The van der Waals surface area contributed by atoms with Gasteiger partial charge in [0.05, 0.1) is 23.3 Å². The Morgan fingerprint density at radius 1 is 1.34 bits per heavy atom. The van der Waals surface area contributed by atoms with Crippen molar-refractivity contribution in [1.29, 1.82) is 0 Å². The van der Waals surface area contributed by atoms with E-state index >= 15 is 0 Å². The van der Waals surface area contributed by atoms with Crippen LogP contribution in [0.2, 0.25) is 0 Å². The lowest BCUT2D eigenvalue weighted by Crippen LogP contribution is -2.73. The molecule has 3 heterocycles. The molecule has 2 aromatic heterocycles. The Balaban J connectivity index is 1.63. The van der Waals surface area contributed by atoms with Crippen molar-refractivity contribution < 1.29 is 42.4 Å². The summed E-state index contributed by atoms with van der Waals surface area (Å²) in [6.45, 7) is -1.23. The molecule has 9 N–H and O–H groups in total. The number of alkyl carbamates (subject to hydrolysis) is 1. The number of pyridine rings is 1. The average molecular weight is 534 g/mol. The van der Waals surface area contributed by atoms with Crippen molar-refractivity contribution in [2.24, 2.45) is 5.73 Å². The number of nitrogen functional groups attached to an aromatic ring is 1. The third-order valence-corrected chi connectivity index (χ3v) is 6.59. The number of aromatic hydroxyl groups is 1. The molecule has 1 unspecified atom stereocenters. The van der Waals surface area contributed by atoms with Gasteiger partial charge in [0.25, 0.3) is 5.91 Å². The molecule has 3 amide bonds. The quantitative estimate of drug-likeness (QED) is 0.103. The summed E-state index contributed by atoms with van der Waals surface area (Å²) in [6.07, 6.45) is 0.789. The van der Waals surface area contributed by atoms with E-state index in [0.29, 0.717) is 10.9 Å². The van der Waals surface area contributed by atoms with Crippen molar-refractivity contribution in [3.63, 3.8) is 0 Å². The monoisotopic (exact) mass is 533 g/mol. The van der Waals surface area contributed by atoms with Gasteiger partial charge in [0, 0.05) is 12.3 Å². The highest BCUT2D eigenvalue weighted by Gasteiger charge is 2.54. The minimum atomic E-state index is -5.05. The summed E-state index contributed by atoms with van der Waals surface area (Å²) in [4.78, 5) is 52.1. The molecule has 190 valence electrons. The molecule has 35 heavy (non-hydrogen) atoms. The van der Waals surface area contributed by atoms with E-state index in [-0.39, 0.29) is 20.0 Å². The van der Waals surface area contributed by atoms with Gasteiger partial charge < -0.3 is 37.2 Å². The van der Waals surface area contributed by atoms with E-state index in [1.165, 1.54) is 6.20 Å². The maximum absolute atomic E-state index is 12.4. The minimum Gasteiger partial charge on any atom is -0.503 e. The topological polar surface area (TPSA) is 269 Å². The number of aromatic nitrogens is 2. The molecule has 1 aliphatic heterocycles. The van der Waals surface area contributed by atoms with Crippen LogP contribution >= 0.6 is 11.3 Å². The molecule has 1 saturated heterocycles. The number of carbonyl (C=O) groups is 3. The zero-order chi connectivity index (χ0) is 26.1. The maximum atomic E-state index is 12.4. The van der Waals surface area contributed by atoms with E-state index in [1.54, 1.807) is 0 Å². The predicted molar refractivity (Wildman–Crippen MR) is 115 cm³/mol. The fourth-order valence-corrected chi connectivity index (χ4v) is 4.55. The van der Waals surface area contributed by atoms with Crippen molar-refractivity contribution in [2.45, 2.75) is 24.7 Å². The molecule has 0 aromatic carbocycles. The molecule has 19 heteroatoms. The van der Waals surface area contributed by atoms with E-state index in [4.69, 9.17) is 16.2 Å². The lowest BCUT2D eigenvalue weighted by molar-refractivity contribution is -0.147. The number of carbonyl (C=O) groups excluding carboxylic acids is 3. The summed E-state index contributed by atoms with van der Waals surface area (Å²) >= 11 is 0.923. The Bertz CT molecular complexity index is 1320. The first-order valence-corrected chi connectivity index (χ1v) is 11.6. The molecule has 3 rings (SSSR count). The van der Waals surface area contributed by atoms with Crippen LogP contribution in [0.5, 0.6) is 5.75 Å². The zero-order valence-corrected chi connectivity index (χ0v) is 19.0. The number of amides is 3. The van der Waals surface area contributed by atoms with Gasteiger partial charge >= 0.3 is 16.4 Å². The maximum Gasteiger partial charge on any atom is 0.407 e. The van der Waals surface area contributed by atoms with Crippen molar-refractivity contribution >= 4 is 44.7 Å². The van der Waals surface area contributed by atoms with Gasteiger partial charge in [-0.2, -0.15) is 13.1 Å². The third kappa shape index (κ3) is 5.59. The lowest BCUT2D eigenvalue weighted by atomic mass is 9.99. The van der Waals surface area contributed by atoms with Crippen LogP contribution in [0.4, 0.5) is 9.93 Å². The Hall–Kier alpha value is -3.94. The highest BCUT2D eigenvalue weighted by atomic mass is 32.2. The van der Waals surface area contributed by atoms with Crippen molar-refractivity contribution in [3.05, 3.63) is 39.3 Å². The van der Waals surface area contributed by atoms with E-state index in [0.717, 1.165) is 17.4 Å². The number of ether oxygens (including phenoxy) is 1. The van der Waals surface area contributed by atoms with E-state index in [9.17, 15) is 42.5 Å². The first-order chi connectivity index (χ1) is 16.3. The second kappa shape index (κ2) is 9.74. The molecule has 1 fully saturated rings. The normalized spacial score (nSPS) is 18.5. The molecule has 17 nitrogen and oxygen atoms in total. The van der Waals surface area contributed by atoms with Crippen LogP contribution in [-0.2, 0) is 31.2 Å². The molecule has 0 saturated carbocycles. The number of β-lactam (4-membered cyclic amide) rings is 1. The van der Waals surface area contributed by atoms with Gasteiger partial charge in [0.15, 0.2) is 10.9 Å². The molecular formula is C16H19N7O10S2. The molecule has 0 bridgehead atoms. The number of anilines is 1. The molecule has 3 atom stereocenters.